The van der Waals surface area contributed by atoms with Gasteiger partial charge >= 0.3 is 6.18 Å². The van der Waals surface area contributed by atoms with Gasteiger partial charge in [0, 0.05) is 6.42 Å². The van der Waals surface area contributed by atoms with Gasteiger partial charge < -0.3 is 5.11 Å². The topological polar surface area (TPSA) is 26.5 Å². The number of thiophene rings is 1. The molecule has 4 rings (SSSR count). The summed E-state index contributed by atoms with van der Waals surface area (Å²) in [7, 11) is 0. The molecule has 0 spiro atoms. The highest BCUT2D eigenvalue weighted by molar-refractivity contribution is 7.10. The molecule has 2 aromatic rings. The molecule has 1 unspecified atom stereocenters. The smallest absolute Gasteiger partial charge is 0.345 e. The van der Waals surface area contributed by atoms with Crippen molar-refractivity contribution >= 4 is 22.9 Å². The highest BCUT2D eigenvalue weighted by Crippen LogP contribution is 2.41. The van der Waals surface area contributed by atoms with Crippen molar-refractivity contribution in [2.75, 3.05) is 18.0 Å². The molecule has 3 nitrogen and oxygen atoms in total. The second-order valence-corrected chi connectivity index (χ2v) is 7.77. The van der Waals surface area contributed by atoms with Crippen LogP contribution >= 0.6 is 11.3 Å². The van der Waals surface area contributed by atoms with Crippen molar-refractivity contribution in [1.29, 1.82) is 0 Å². The fourth-order valence-electron chi connectivity index (χ4n) is 3.90. The lowest BCUT2D eigenvalue weighted by Crippen LogP contribution is -2.47. The summed E-state index contributed by atoms with van der Waals surface area (Å²) in [6.45, 7) is 1.19. The third-order valence-corrected chi connectivity index (χ3v) is 6.09. The van der Waals surface area contributed by atoms with E-state index in [9.17, 15) is 18.3 Å². The molecule has 138 valence electrons. The van der Waals surface area contributed by atoms with Crippen molar-refractivity contribution in [3.63, 3.8) is 0 Å². The van der Waals surface area contributed by atoms with Crippen LogP contribution in [0.5, 0.6) is 0 Å². The van der Waals surface area contributed by atoms with Crippen LogP contribution in [-0.4, -0.2) is 28.6 Å². The summed E-state index contributed by atoms with van der Waals surface area (Å²) in [6.07, 6.45) is -0.565. The van der Waals surface area contributed by atoms with Crippen LogP contribution in [0.4, 0.5) is 18.9 Å². The van der Waals surface area contributed by atoms with Gasteiger partial charge in [0.05, 0.1) is 17.0 Å². The Balaban J connectivity index is 1.84. The van der Waals surface area contributed by atoms with Gasteiger partial charge in [0.1, 0.15) is 5.69 Å². The van der Waals surface area contributed by atoms with Crippen molar-refractivity contribution in [1.82, 2.24) is 0 Å². The van der Waals surface area contributed by atoms with E-state index < -0.39 is 17.5 Å². The van der Waals surface area contributed by atoms with Crippen molar-refractivity contribution in [3.8, 4) is 0 Å². The maximum absolute atomic E-state index is 13.2. The Hall–Kier alpha value is -1.86. The second kappa shape index (κ2) is 6.39. The highest BCUT2D eigenvalue weighted by Gasteiger charge is 2.55. The van der Waals surface area contributed by atoms with Crippen LogP contribution in [0.1, 0.15) is 36.1 Å². The molecule has 1 aromatic carbocycles. The maximum atomic E-state index is 13.2. The Bertz CT molecular complexity index is 832. The first-order chi connectivity index (χ1) is 12.4. The highest BCUT2D eigenvalue weighted by atomic mass is 32.1. The number of alkyl halides is 3. The zero-order valence-electron chi connectivity index (χ0n) is 14.2. The first kappa shape index (κ1) is 17.5. The summed E-state index contributed by atoms with van der Waals surface area (Å²) in [4.78, 5) is 2.47. The molecule has 0 aliphatic carbocycles. The van der Waals surface area contributed by atoms with Crippen LogP contribution in [0.15, 0.2) is 41.8 Å². The first-order valence-electron chi connectivity index (χ1n) is 8.74. The minimum Gasteiger partial charge on any atom is -0.345 e. The Morgan fingerprint density at radius 2 is 1.96 bits per heavy atom. The molecule has 0 amide bonds. The minimum absolute atomic E-state index is 0.374. The van der Waals surface area contributed by atoms with E-state index in [1.165, 1.54) is 17.4 Å². The second-order valence-electron chi connectivity index (χ2n) is 6.83. The number of aliphatic hydroxyl groups is 1. The third kappa shape index (κ3) is 2.93. The quantitative estimate of drug-likeness (QED) is 0.780. The lowest BCUT2D eigenvalue weighted by Gasteiger charge is -2.28. The number of halogens is 3. The van der Waals surface area contributed by atoms with E-state index in [4.69, 9.17) is 0 Å². The molecule has 0 saturated carbocycles. The Labute approximate surface area is 154 Å². The van der Waals surface area contributed by atoms with Crippen LogP contribution in [0, 0.1) is 0 Å². The number of hydrogen-bond donors (Lipinski definition) is 1. The number of amidine groups is 1. The zero-order chi connectivity index (χ0) is 18.4. The number of benzene rings is 1. The van der Waals surface area contributed by atoms with E-state index in [0.29, 0.717) is 12.2 Å². The van der Waals surface area contributed by atoms with Gasteiger partial charge in [-0.2, -0.15) is 18.1 Å². The minimum atomic E-state index is -4.41. The summed E-state index contributed by atoms with van der Waals surface area (Å²) in [5.41, 5.74) is -1.66. The van der Waals surface area contributed by atoms with E-state index in [1.54, 1.807) is 11.0 Å². The summed E-state index contributed by atoms with van der Waals surface area (Å²) in [5.74, 6) is 0.915. The fourth-order valence-corrected chi connectivity index (χ4v) is 4.71. The number of nitrogens with zero attached hydrogens (tertiary/aromatic N) is 2. The Morgan fingerprint density at radius 1 is 1.12 bits per heavy atom. The van der Waals surface area contributed by atoms with Crippen LogP contribution in [-0.2, 0) is 11.9 Å². The molecule has 1 atom stereocenters. The molecule has 2 aliphatic rings. The van der Waals surface area contributed by atoms with E-state index in [2.05, 4.69) is 4.58 Å². The van der Waals surface area contributed by atoms with Gasteiger partial charge in [-0.3, -0.25) is 4.58 Å². The van der Waals surface area contributed by atoms with Gasteiger partial charge in [0.15, 0.2) is 6.54 Å². The van der Waals surface area contributed by atoms with Crippen molar-refractivity contribution in [2.24, 2.45) is 0 Å². The molecule has 0 radical (unpaired) electrons. The molecule has 26 heavy (non-hydrogen) atoms. The van der Waals surface area contributed by atoms with Crippen molar-refractivity contribution in [3.05, 3.63) is 52.2 Å². The number of rotatable bonds is 2. The van der Waals surface area contributed by atoms with Gasteiger partial charge in [-0.15, -0.1) is 11.3 Å². The summed E-state index contributed by atoms with van der Waals surface area (Å²) in [5, 5.41) is 13.5. The van der Waals surface area contributed by atoms with E-state index in [-0.39, 0.29) is 0 Å². The molecule has 0 fully saturated rings. The number of hydrogen-bond acceptors (Lipinski definition) is 3. The predicted octanol–water partition coefficient (Wildman–Crippen LogP) is 4.42. The van der Waals surface area contributed by atoms with E-state index in [1.807, 2.05) is 17.5 Å². The van der Waals surface area contributed by atoms with Crippen LogP contribution in [0.25, 0.3) is 0 Å². The van der Waals surface area contributed by atoms with Gasteiger partial charge in [-0.25, -0.2) is 0 Å². The van der Waals surface area contributed by atoms with Gasteiger partial charge in [0.2, 0.25) is 0 Å². The summed E-state index contributed by atoms with van der Waals surface area (Å²) in [6, 6.07) is 8.97. The third-order valence-electron chi connectivity index (χ3n) is 5.08. The molecule has 1 aromatic heterocycles. The van der Waals surface area contributed by atoms with Gasteiger partial charge in [0.25, 0.3) is 11.6 Å². The summed E-state index contributed by atoms with van der Waals surface area (Å²) >= 11 is 1.42. The molecule has 3 heterocycles. The Kier molecular flexibility index (Phi) is 4.31. The molecule has 2 aliphatic heterocycles. The lowest BCUT2D eigenvalue weighted by molar-refractivity contribution is -0.534. The van der Waals surface area contributed by atoms with Crippen molar-refractivity contribution in [2.45, 2.75) is 37.6 Å². The standard InChI is InChI=1S/C19H20F3N2OS/c20-19(21,22)14-6-4-7-15(12-14)24-17-9-2-1-3-10-23(17)13-18(24,25)16-8-5-11-26-16/h4-8,11-12,25H,1-3,9-10,13H2/q+1. The van der Waals surface area contributed by atoms with Crippen LogP contribution in [0.3, 0.4) is 0 Å². The molecule has 0 bridgehead atoms. The fraction of sp³-hybridized carbons (Fsp3) is 0.421. The van der Waals surface area contributed by atoms with Gasteiger partial charge in [-0.1, -0.05) is 12.1 Å². The Morgan fingerprint density at radius 3 is 2.69 bits per heavy atom. The summed E-state index contributed by atoms with van der Waals surface area (Å²) < 4.78 is 41.8. The maximum Gasteiger partial charge on any atom is 0.416 e. The molecular weight excluding hydrogens is 361 g/mol. The van der Waals surface area contributed by atoms with Gasteiger partial charge in [-0.05, 0) is 48.9 Å². The largest absolute Gasteiger partial charge is 0.416 e. The lowest BCUT2D eigenvalue weighted by atomic mass is 10.1. The molecular formula is C19H20F3N2OS+. The number of anilines is 1. The predicted molar refractivity (Wildman–Crippen MR) is 95.6 cm³/mol. The van der Waals surface area contributed by atoms with Crippen LogP contribution in [0.2, 0.25) is 0 Å². The SMILES string of the molecule is OC1(c2cccs2)C[N+]2=C(CCCCC2)N1c1cccc(C(F)(F)F)c1. The normalized spacial score (nSPS) is 23.9. The van der Waals surface area contributed by atoms with E-state index in [0.717, 1.165) is 55.1 Å². The molecule has 7 heteroatoms. The average molecular weight is 381 g/mol. The first-order valence-corrected chi connectivity index (χ1v) is 9.62. The van der Waals surface area contributed by atoms with E-state index >= 15 is 0 Å². The molecule has 1 N–H and O–H groups in total. The average Bonchev–Trinajstić information content (AvgIpc) is 3.17. The monoisotopic (exact) mass is 381 g/mol. The molecule has 0 saturated heterocycles. The van der Waals surface area contributed by atoms with Crippen LogP contribution < -0.4 is 4.90 Å². The van der Waals surface area contributed by atoms with Crippen molar-refractivity contribution < 1.29 is 22.9 Å². The zero-order valence-corrected chi connectivity index (χ0v) is 15.0.